The Morgan fingerprint density at radius 2 is 1.25 bits per heavy atom. The van der Waals surface area contributed by atoms with Crippen molar-refractivity contribution >= 4 is 71.3 Å². The lowest BCUT2D eigenvalue weighted by Gasteiger charge is -2.21. The number of benzene rings is 6. The van der Waals surface area contributed by atoms with E-state index in [1.54, 1.807) is 0 Å². The molecule has 4 heteroatoms. The summed E-state index contributed by atoms with van der Waals surface area (Å²) in [5, 5.41) is 6.83. The molecule has 1 aliphatic heterocycles. The Labute approximate surface area is 299 Å². The molecule has 246 valence electrons. The van der Waals surface area contributed by atoms with E-state index in [0.717, 1.165) is 76.6 Å². The first-order valence-corrected chi connectivity index (χ1v) is 17.9. The summed E-state index contributed by atoms with van der Waals surface area (Å²) in [4.78, 5) is 28.2. The highest BCUT2D eigenvalue weighted by molar-refractivity contribution is 6.23. The molecule has 3 aromatic heterocycles. The average Bonchev–Trinajstić information content (AvgIpc) is 3.75. The summed E-state index contributed by atoms with van der Waals surface area (Å²) in [5.41, 5.74) is 12.3. The summed E-state index contributed by atoms with van der Waals surface area (Å²) >= 11 is 0. The maximum Gasteiger partial charge on any atom is 0.263 e. The average molecular weight is 669 g/mol. The normalized spacial score (nSPS) is 16.4. The molecule has 4 nitrogen and oxygen atoms in total. The van der Waals surface area contributed by atoms with E-state index >= 15 is 0 Å². The standard InChI is InChI=1S/C48H32N2O2/c1-27-13-5-4-6-20-44(51)49-43-26-41-35(31-15-9-11-18-40(31)48(41,2)3)25-36(43)39-24-28(21-34(27)45(39)49)29-22-37-30-14-7-8-17-33(30)47(52)50-42-19-12-10-16-32(42)38(23-29)46(37)50/h4-19,21-26H,1,20H2,2-3H3/b6-4-,13-5-. The Kier molecular flexibility index (Phi) is 5.65. The smallest absolute Gasteiger partial charge is 0.263 e. The summed E-state index contributed by atoms with van der Waals surface area (Å²) in [6, 6.07) is 38.3. The molecule has 2 aliphatic rings. The van der Waals surface area contributed by atoms with Crippen molar-refractivity contribution < 1.29 is 4.79 Å². The maximum absolute atomic E-state index is 14.3. The molecule has 0 radical (unpaired) electrons. The van der Waals surface area contributed by atoms with Crippen molar-refractivity contribution in [3.8, 4) is 22.3 Å². The van der Waals surface area contributed by atoms with Gasteiger partial charge < -0.3 is 0 Å². The van der Waals surface area contributed by atoms with Crippen LogP contribution in [0.5, 0.6) is 0 Å². The predicted molar refractivity (Wildman–Crippen MR) is 216 cm³/mol. The van der Waals surface area contributed by atoms with Crippen LogP contribution in [0.1, 0.15) is 41.8 Å². The molecule has 0 spiro atoms. The van der Waals surface area contributed by atoms with Gasteiger partial charge in [0.05, 0.1) is 22.1 Å². The molecule has 6 aromatic carbocycles. The Hall–Kier alpha value is -6.52. The zero-order valence-corrected chi connectivity index (χ0v) is 28.8. The lowest BCUT2D eigenvalue weighted by Crippen LogP contribution is -2.15. The third-order valence-electron chi connectivity index (χ3n) is 11.7. The SMILES string of the molecule is C=C1/C=C\C=C/CC(=O)n2c3cc4c(cc3c3cc(-c5cc6c7ccccc7c(=O)n7c8ccccc8c(c5)c67)cc1c32)-c1ccccc1C4(C)C. The molecule has 0 amide bonds. The minimum atomic E-state index is -0.205. The van der Waals surface area contributed by atoms with Gasteiger partial charge in [0.2, 0.25) is 5.91 Å². The van der Waals surface area contributed by atoms with Crippen molar-refractivity contribution in [1.29, 1.82) is 0 Å². The minimum absolute atomic E-state index is 0.000841. The molecule has 0 unspecified atom stereocenters. The molecule has 9 aromatic rings. The largest absolute Gasteiger partial charge is 0.279 e. The second-order valence-corrected chi connectivity index (χ2v) is 14.9. The molecule has 0 fully saturated rings. The molecule has 52 heavy (non-hydrogen) atoms. The molecular weight excluding hydrogens is 637 g/mol. The number of carbonyl (C=O) groups excluding carboxylic acids is 1. The highest BCUT2D eigenvalue weighted by atomic mass is 16.2. The number of allylic oxidation sites excluding steroid dienone is 5. The fourth-order valence-electron chi connectivity index (χ4n) is 9.31. The highest BCUT2D eigenvalue weighted by Gasteiger charge is 2.36. The second kappa shape index (κ2) is 10.0. The maximum atomic E-state index is 14.3. The van der Waals surface area contributed by atoms with E-state index in [1.165, 1.54) is 22.3 Å². The molecule has 1 aliphatic carbocycles. The summed E-state index contributed by atoms with van der Waals surface area (Å²) in [6.45, 7) is 9.10. The fourth-order valence-corrected chi connectivity index (χ4v) is 9.31. The van der Waals surface area contributed by atoms with Gasteiger partial charge in [-0.25, -0.2) is 0 Å². The van der Waals surface area contributed by atoms with Crippen LogP contribution < -0.4 is 5.56 Å². The Bertz CT molecular complexity index is 3240. The van der Waals surface area contributed by atoms with E-state index in [1.807, 2.05) is 69.7 Å². The summed E-state index contributed by atoms with van der Waals surface area (Å²) < 4.78 is 3.83. The predicted octanol–water partition coefficient (Wildman–Crippen LogP) is 11.4. The number of rotatable bonds is 1. The minimum Gasteiger partial charge on any atom is -0.279 e. The van der Waals surface area contributed by atoms with Gasteiger partial charge in [-0.2, -0.15) is 0 Å². The number of pyridine rings is 1. The van der Waals surface area contributed by atoms with Crippen LogP contribution in [0.4, 0.5) is 0 Å². The van der Waals surface area contributed by atoms with E-state index in [2.05, 4.69) is 93.2 Å². The molecule has 0 saturated carbocycles. The van der Waals surface area contributed by atoms with Gasteiger partial charge in [-0.05, 0) is 92.9 Å². The van der Waals surface area contributed by atoms with Gasteiger partial charge in [-0.1, -0.05) is 105 Å². The monoisotopic (exact) mass is 668 g/mol. The zero-order valence-electron chi connectivity index (χ0n) is 28.8. The summed E-state index contributed by atoms with van der Waals surface area (Å²) in [6.07, 6.45) is 8.16. The van der Waals surface area contributed by atoms with Crippen molar-refractivity contribution in [2.45, 2.75) is 25.7 Å². The molecular formula is C48H32N2O2. The lowest BCUT2D eigenvalue weighted by atomic mass is 9.82. The lowest BCUT2D eigenvalue weighted by molar-refractivity contribution is 0.0927. The van der Waals surface area contributed by atoms with Gasteiger partial charge >= 0.3 is 0 Å². The molecule has 0 saturated heterocycles. The van der Waals surface area contributed by atoms with E-state index in [0.29, 0.717) is 11.8 Å². The van der Waals surface area contributed by atoms with Gasteiger partial charge in [0.15, 0.2) is 0 Å². The highest BCUT2D eigenvalue weighted by Crippen LogP contribution is 2.51. The van der Waals surface area contributed by atoms with Gasteiger partial charge in [0.25, 0.3) is 5.56 Å². The van der Waals surface area contributed by atoms with Crippen molar-refractivity contribution in [2.75, 3.05) is 0 Å². The molecule has 0 bridgehead atoms. The number of aromatic nitrogens is 2. The Balaban J connectivity index is 1.30. The van der Waals surface area contributed by atoms with Gasteiger partial charge in [-0.15, -0.1) is 0 Å². The fraction of sp³-hybridized carbons (Fsp3) is 0.0833. The molecule has 0 atom stereocenters. The van der Waals surface area contributed by atoms with E-state index in [4.69, 9.17) is 0 Å². The van der Waals surface area contributed by atoms with Gasteiger partial charge in [0.1, 0.15) is 0 Å². The molecule has 11 rings (SSSR count). The van der Waals surface area contributed by atoms with Crippen LogP contribution >= 0.6 is 0 Å². The summed E-state index contributed by atoms with van der Waals surface area (Å²) in [5.74, 6) is 0.0292. The van der Waals surface area contributed by atoms with Gasteiger partial charge in [-0.3, -0.25) is 18.6 Å². The third-order valence-corrected chi connectivity index (χ3v) is 11.7. The number of hydrogen-bond donors (Lipinski definition) is 0. The van der Waals surface area contributed by atoms with Crippen LogP contribution in [-0.2, 0) is 5.41 Å². The second-order valence-electron chi connectivity index (χ2n) is 14.9. The number of fused-ring (bicyclic) bond motifs is 11. The number of nitrogens with zero attached hydrogens (tertiary/aromatic N) is 2. The molecule has 4 heterocycles. The van der Waals surface area contributed by atoms with Crippen LogP contribution in [0, 0.1) is 0 Å². The van der Waals surface area contributed by atoms with Crippen molar-refractivity contribution in [3.05, 3.63) is 167 Å². The first kappa shape index (κ1) is 29.2. The van der Waals surface area contributed by atoms with E-state index in [-0.39, 0.29) is 16.9 Å². The quantitative estimate of drug-likeness (QED) is 0.163. The van der Waals surface area contributed by atoms with E-state index in [9.17, 15) is 9.59 Å². The number of para-hydroxylation sites is 1. The zero-order chi connectivity index (χ0) is 35.0. The molecule has 0 N–H and O–H groups in total. The Morgan fingerprint density at radius 1 is 0.577 bits per heavy atom. The van der Waals surface area contributed by atoms with Crippen LogP contribution in [0.3, 0.4) is 0 Å². The number of hydrogen-bond acceptors (Lipinski definition) is 2. The van der Waals surface area contributed by atoms with Crippen molar-refractivity contribution in [3.63, 3.8) is 0 Å². The van der Waals surface area contributed by atoms with Crippen LogP contribution in [0.2, 0.25) is 0 Å². The van der Waals surface area contributed by atoms with Gasteiger partial charge in [0, 0.05) is 49.7 Å². The number of carbonyl (C=O) groups is 1. The first-order valence-electron chi connectivity index (χ1n) is 17.9. The topological polar surface area (TPSA) is 43.5 Å². The van der Waals surface area contributed by atoms with Crippen LogP contribution in [0.25, 0.3) is 87.6 Å². The third kappa shape index (κ3) is 3.66. The Morgan fingerprint density at radius 3 is 2.08 bits per heavy atom. The van der Waals surface area contributed by atoms with Crippen LogP contribution in [0.15, 0.2) is 145 Å². The summed E-state index contributed by atoms with van der Waals surface area (Å²) in [7, 11) is 0. The van der Waals surface area contributed by atoms with Crippen LogP contribution in [-0.4, -0.2) is 14.9 Å². The van der Waals surface area contributed by atoms with Crippen molar-refractivity contribution in [1.82, 2.24) is 8.97 Å². The van der Waals surface area contributed by atoms with Crippen molar-refractivity contribution in [2.24, 2.45) is 0 Å². The van der Waals surface area contributed by atoms with E-state index < -0.39 is 0 Å². The first-order chi connectivity index (χ1) is 25.3.